The van der Waals surface area contributed by atoms with Crippen LogP contribution in [0.2, 0.25) is 0 Å². The van der Waals surface area contributed by atoms with Gasteiger partial charge in [0.2, 0.25) is 16.0 Å². The van der Waals surface area contributed by atoms with Gasteiger partial charge in [-0.25, -0.2) is 23.2 Å². The normalized spacial score (nSPS) is 15.3. The van der Waals surface area contributed by atoms with E-state index in [1.165, 1.54) is 10.6 Å². The minimum absolute atomic E-state index is 0.00663. The van der Waals surface area contributed by atoms with Crippen molar-refractivity contribution in [1.29, 1.82) is 0 Å². The molecule has 4 aromatic rings. The lowest BCUT2D eigenvalue weighted by Gasteiger charge is -2.37. The molecule has 5 rings (SSSR count). The number of hydrogen-bond donors (Lipinski definition) is 3. The number of piperazine rings is 1. The maximum atomic E-state index is 11.9. The van der Waals surface area contributed by atoms with E-state index in [0.29, 0.717) is 49.2 Å². The number of anilines is 3. The van der Waals surface area contributed by atoms with Crippen LogP contribution in [-0.4, -0.2) is 92.2 Å². The van der Waals surface area contributed by atoms with Crippen LogP contribution in [0.25, 0.3) is 22.3 Å². The number of benzene rings is 1. The summed E-state index contributed by atoms with van der Waals surface area (Å²) in [5, 5.41) is 11.6. The van der Waals surface area contributed by atoms with Crippen LogP contribution in [0.15, 0.2) is 48.8 Å². The lowest BCUT2D eigenvalue weighted by Crippen LogP contribution is -2.48. The first-order valence-corrected chi connectivity index (χ1v) is 15.1. The van der Waals surface area contributed by atoms with Gasteiger partial charge in [-0.1, -0.05) is 12.1 Å². The number of carboxylic acids is 1. The Hall–Kier alpha value is -4.48. The first-order chi connectivity index (χ1) is 20.6. The number of carboxylic acid groups (broad SMARTS) is 1. The van der Waals surface area contributed by atoms with E-state index in [1.807, 2.05) is 42.6 Å². The van der Waals surface area contributed by atoms with Crippen LogP contribution >= 0.6 is 0 Å². The van der Waals surface area contributed by atoms with Crippen molar-refractivity contribution in [3.63, 3.8) is 0 Å². The SMILES string of the molecule is Cc1nc(N)nc(-c2cc(C(C)N3CCN(S(C)(=O)=O)CC3)cnc2Nc2ccc3cccnc3c2)n1.O=C(O)C(F)(F)F. The second-order valence-electron chi connectivity index (χ2n) is 9.94. The molecule has 1 atom stereocenters. The Morgan fingerprint density at radius 2 is 1.75 bits per heavy atom. The molecule has 0 radical (unpaired) electrons. The highest BCUT2D eigenvalue weighted by atomic mass is 32.2. The fourth-order valence-corrected chi connectivity index (χ4v) is 5.34. The molecule has 0 aliphatic carbocycles. The number of aryl methyl sites for hydroxylation is 1. The van der Waals surface area contributed by atoms with E-state index in [-0.39, 0.29) is 12.0 Å². The highest BCUT2D eigenvalue weighted by molar-refractivity contribution is 7.88. The van der Waals surface area contributed by atoms with Crippen molar-refractivity contribution >= 4 is 44.3 Å². The maximum absolute atomic E-state index is 11.9. The fraction of sp³-hybridized carbons (Fsp3) is 0.333. The number of rotatable bonds is 6. The Morgan fingerprint density at radius 1 is 1.07 bits per heavy atom. The van der Waals surface area contributed by atoms with Gasteiger partial charge in [0.05, 0.1) is 17.3 Å². The van der Waals surface area contributed by atoms with E-state index in [2.05, 4.69) is 37.1 Å². The van der Waals surface area contributed by atoms with Crippen LogP contribution in [-0.2, 0) is 14.8 Å². The summed E-state index contributed by atoms with van der Waals surface area (Å²) in [7, 11) is -3.19. The number of pyridine rings is 2. The van der Waals surface area contributed by atoms with Crippen molar-refractivity contribution in [2.75, 3.05) is 43.5 Å². The molecule has 1 fully saturated rings. The van der Waals surface area contributed by atoms with Crippen LogP contribution < -0.4 is 11.1 Å². The molecule has 1 unspecified atom stereocenters. The molecule has 4 N–H and O–H groups in total. The summed E-state index contributed by atoms with van der Waals surface area (Å²) in [5.41, 5.74) is 9.30. The molecule has 1 aliphatic heterocycles. The number of aliphatic carboxylic acids is 1. The average Bonchev–Trinajstić information content (AvgIpc) is 2.96. The van der Waals surface area contributed by atoms with Gasteiger partial charge in [-0.3, -0.25) is 9.88 Å². The second-order valence-corrected chi connectivity index (χ2v) is 11.9. The molecular weight excluding hydrogens is 603 g/mol. The molecule has 1 saturated heterocycles. The van der Waals surface area contributed by atoms with Gasteiger partial charge in [0.15, 0.2) is 5.82 Å². The molecule has 3 aromatic heterocycles. The topological polar surface area (TPSA) is 180 Å². The number of nitrogens with zero attached hydrogens (tertiary/aromatic N) is 7. The average molecular weight is 634 g/mol. The molecule has 0 amide bonds. The van der Waals surface area contributed by atoms with Crippen LogP contribution in [0.3, 0.4) is 0 Å². The monoisotopic (exact) mass is 633 g/mol. The zero-order valence-electron chi connectivity index (χ0n) is 23.9. The summed E-state index contributed by atoms with van der Waals surface area (Å²) in [5.74, 6) is -1.10. The number of nitrogens with one attached hydrogen (secondary N) is 1. The van der Waals surface area contributed by atoms with Crippen molar-refractivity contribution in [3.05, 3.63) is 60.2 Å². The lowest BCUT2D eigenvalue weighted by atomic mass is 10.0. The highest BCUT2D eigenvalue weighted by Gasteiger charge is 2.38. The third kappa shape index (κ3) is 8.12. The molecule has 0 spiro atoms. The number of hydrogen-bond acceptors (Lipinski definition) is 11. The molecule has 4 heterocycles. The first-order valence-electron chi connectivity index (χ1n) is 13.2. The van der Waals surface area contributed by atoms with Crippen molar-refractivity contribution in [1.82, 2.24) is 34.1 Å². The number of nitrogens with two attached hydrogens (primary N) is 1. The van der Waals surface area contributed by atoms with E-state index in [9.17, 15) is 21.6 Å². The van der Waals surface area contributed by atoms with Gasteiger partial charge >= 0.3 is 12.1 Å². The summed E-state index contributed by atoms with van der Waals surface area (Å²) >= 11 is 0. The quantitative estimate of drug-likeness (QED) is 0.282. The van der Waals surface area contributed by atoms with E-state index in [0.717, 1.165) is 22.2 Å². The van der Waals surface area contributed by atoms with Crippen molar-refractivity contribution < 1.29 is 31.5 Å². The van der Waals surface area contributed by atoms with E-state index in [4.69, 9.17) is 20.6 Å². The molecular formula is C27H30F3N9O4S. The van der Waals surface area contributed by atoms with Crippen LogP contribution in [0.1, 0.15) is 24.4 Å². The van der Waals surface area contributed by atoms with Gasteiger partial charge in [0.1, 0.15) is 11.6 Å². The van der Waals surface area contributed by atoms with Crippen LogP contribution in [0, 0.1) is 6.92 Å². The fourth-order valence-electron chi connectivity index (χ4n) is 4.52. The number of halogens is 3. The number of aromatic nitrogens is 5. The highest BCUT2D eigenvalue weighted by Crippen LogP contribution is 2.32. The predicted octanol–water partition coefficient (Wildman–Crippen LogP) is 3.39. The van der Waals surface area contributed by atoms with Gasteiger partial charge in [-0.15, -0.1) is 0 Å². The van der Waals surface area contributed by atoms with E-state index >= 15 is 0 Å². The summed E-state index contributed by atoms with van der Waals surface area (Å²) in [6, 6.07) is 11.9. The molecule has 1 aromatic carbocycles. The van der Waals surface area contributed by atoms with Crippen LogP contribution in [0.4, 0.5) is 30.6 Å². The Labute approximate surface area is 251 Å². The molecule has 17 heteroatoms. The summed E-state index contributed by atoms with van der Waals surface area (Å²) in [6.07, 6.45) is -0.240. The van der Waals surface area contributed by atoms with Crippen molar-refractivity contribution in [2.24, 2.45) is 0 Å². The van der Waals surface area contributed by atoms with Gasteiger partial charge in [-0.05, 0) is 43.7 Å². The van der Waals surface area contributed by atoms with Gasteiger partial charge in [0.25, 0.3) is 0 Å². The molecule has 44 heavy (non-hydrogen) atoms. The van der Waals surface area contributed by atoms with Crippen molar-refractivity contribution in [2.45, 2.75) is 26.1 Å². The predicted molar refractivity (Wildman–Crippen MR) is 157 cm³/mol. The number of fused-ring (bicyclic) bond motifs is 1. The Kier molecular flexibility index (Phi) is 9.60. The minimum atomic E-state index is -5.08. The van der Waals surface area contributed by atoms with E-state index < -0.39 is 22.2 Å². The number of carbonyl (C=O) groups is 1. The van der Waals surface area contributed by atoms with Crippen molar-refractivity contribution in [3.8, 4) is 11.4 Å². The Bertz CT molecular complexity index is 1750. The number of sulfonamides is 1. The zero-order chi connectivity index (χ0) is 32.2. The van der Waals surface area contributed by atoms with Gasteiger partial charge in [0, 0.05) is 55.7 Å². The third-order valence-corrected chi connectivity index (χ3v) is 8.10. The Morgan fingerprint density at radius 3 is 2.36 bits per heavy atom. The van der Waals surface area contributed by atoms with Gasteiger partial charge < -0.3 is 16.2 Å². The molecule has 1 aliphatic rings. The molecule has 0 bridgehead atoms. The molecule has 13 nitrogen and oxygen atoms in total. The van der Waals surface area contributed by atoms with Crippen LogP contribution in [0.5, 0.6) is 0 Å². The molecule has 0 saturated carbocycles. The summed E-state index contributed by atoms with van der Waals surface area (Å²) in [6.45, 7) is 6.04. The smallest absolute Gasteiger partial charge is 0.475 e. The van der Waals surface area contributed by atoms with E-state index in [1.54, 1.807) is 13.1 Å². The zero-order valence-corrected chi connectivity index (χ0v) is 24.8. The maximum Gasteiger partial charge on any atom is 0.490 e. The number of alkyl halides is 3. The third-order valence-electron chi connectivity index (χ3n) is 6.80. The van der Waals surface area contributed by atoms with Gasteiger partial charge in [-0.2, -0.15) is 27.4 Å². The largest absolute Gasteiger partial charge is 0.490 e. The molecule has 234 valence electrons. The number of nitrogen functional groups attached to an aromatic ring is 1. The minimum Gasteiger partial charge on any atom is -0.475 e. The first kappa shape index (κ1) is 32.4. The lowest BCUT2D eigenvalue weighted by molar-refractivity contribution is -0.192. The summed E-state index contributed by atoms with van der Waals surface area (Å²) in [4.78, 5) is 33.4. The standard InChI is InChI=1S/C25H29N9O2S.C2HF3O2/c1-16(33-9-11-34(12-10-33)37(3,35)36)19-13-21(24-29-17(2)30-25(26)32-24)23(28-15-19)31-20-7-6-18-5-4-8-27-22(18)14-20;3-2(4,5)1(6)7/h4-8,13-16H,9-12H2,1-3H3,(H,28,31)(H2,26,29,30,32);(H,6,7). The Balaban J connectivity index is 0.000000566. The second kappa shape index (κ2) is 13.0. The summed E-state index contributed by atoms with van der Waals surface area (Å²) < 4.78 is 57.1.